The zero-order chi connectivity index (χ0) is 41.4. The Morgan fingerprint density at radius 2 is 0.875 bits per heavy atom. The number of carbonyl (C=O) groups excluding carboxylic acids is 1. The van der Waals surface area contributed by atoms with Crippen LogP contribution in [0.4, 0.5) is 0 Å². The first kappa shape index (κ1) is 55.5. The minimum absolute atomic E-state index is 0.0163. The van der Waals surface area contributed by atoms with Gasteiger partial charge in [0.25, 0.3) is 7.82 Å². The number of amides is 1. The largest absolute Gasteiger partial charge is 0.756 e. The topological polar surface area (TPSA) is 108 Å². The van der Waals surface area contributed by atoms with E-state index in [1.165, 1.54) is 180 Å². The molecule has 0 radical (unpaired) electrons. The normalized spacial score (nSPS) is 14.2. The molecule has 3 atom stereocenters. The summed E-state index contributed by atoms with van der Waals surface area (Å²) in [6, 6.07) is -0.793. The van der Waals surface area contributed by atoms with Crippen LogP contribution in [-0.2, 0) is 18.4 Å². The third kappa shape index (κ3) is 41.7. The molecule has 0 aliphatic heterocycles. The van der Waals surface area contributed by atoms with E-state index in [1.54, 1.807) is 0 Å². The Balaban J connectivity index is 4.26. The lowest BCUT2D eigenvalue weighted by atomic mass is 10.0. The summed E-state index contributed by atoms with van der Waals surface area (Å²) in [4.78, 5) is 25.4. The average molecular weight is 817 g/mol. The number of carbonyl (C=O) groups is 1. The molecular weight excluding hydrogens is 719 g/mol. The van der Waals surface area contributed by atoms with Crippen molar-refractivity contribution in [3.05, 3.63) is 0 Å². The molecule has 0 saturated carbocycles. The first-order valence-electron chi connectivity index (χ1n) is 24.4. The second-order valence-corrected chi connectivity index (χ2v) is 19.6. The van der Waals surface area contributed by atoms with Crippen molar-refractivity contribution in [2.24, 2.45) is 0 Å². The first-order chi connectivity index (χ1) is 27.0. The van der Waals surface area contributed by atoms with Gasteiger partial charge in [-0.15, -0.1) is 0 Å². The molecule has 0 bridgehead atoms. The average Bonchev–Trinajstić information content (AvgIpc) is 3.15. The third-order valence-electron chi connectivity index (χ3n) is 11.3. The first-order valence-corrected chi connectivity index (χ1v) is 25.8. The van der Waals surface area contributed by atoms with Crippen LogP contribution in [0, 0.1) is 0 Å². The van der Waals surface area contributed by atoms with Gasteiger partial charge in [-0.05, 0) is 12.8 Å². The number of likely N-dealkylation sites (N-methyl/N-ethyl adjacent to an activating group) is 1. The van der Waals surface area contributed by atoms with E-state index in [2.05, 4.69) is 19.2 Å². The van der Waals surface area contributed by atoms with Crippen LogP contribution in [0.1, 0.15) is 245 Å². The molecule has 8 nitrogen and oxygen atoms in total. The van der Waals surface area contributed by atoms with Crippen molar-refractivity contribution in [3.63, 3.8) is 0 Å². The maximum Gasteiger partial charge on any atom is 0.268 e. The van der Waals surface area contributed by atoms with E-state index >= 15 is 0 Å². The van der Waals surface area contributed by atoms with Crippen molar-refractivity contribution >= 4 is 13.7 Å². The van der Waals surface area contributed by atoms with Gasteiger partial charge >= 0.3 is 0 Å². The van der Waals surface area contributed by atoms with Crippen LogP contribution in [-0.4, -0.2) is 68.5 Å². The number of aliphatic hydroxyl groups excluding tert-OH is 1. The van der Waals surface area contributed by atoms with E-state index in [0.717, 1.165) is 38.5 Å². The number of hydrogen-bond acceptors (Lipinski definition) is 6. The van der Waals surface area contributed by atoms with Gasteiger partial charge in [-0.3, -0.25) is 9.36 Å². The zero-order valence-electron chi connectivity index (χ0n) is 38.1. The van der Waals surface area contributed by atoms with Crippen LogP contribution < -0.4 is 10.2 Å². The molecule has 0 heterocycles. The van der Waals surface area contributed by atoms with E-state index < -0.39 is 20.0 Å². The highest BCUT2D eigenvalue weighted by Crippen LogP contribution is 2.38. The molecular formula is C47H97N2O6P. The third-order valence-corrected chi connectivity index (χ3v) is 12.3. The van der Waals surface area contributed by atoms with Crippen LogP contribution in [0.2, 0.25) is 0 Å². The number of phosphoric acid groups is 1. The predicted molar refractivity (Wildman–Crippen MR) is 238 cm³/mol. The van der Waals surface area contributed by atoms with Crippen molar-refractivity contribution < 1.29 is 32.9 Å². The van der Waals surface area contributed by atoms with Gasteiger partial charge in [0, 0.05) is 6.42 Å². The van der Waals surface area contributed by atoms with Gasteiger partial charge in [-0.1, -0.05) is 226 Å². The fourth-order valence-corrected chi connectivity index (χ4v) is 8.18. The second kappa shape index (κ2) is 39.9. The summed E-state index contributed by atoms with van der Waals surface area (Å²) < 4.78 is 23.3. The predicted octanol–water partition coefficient (Wildman–Crippen LogP) is 13.1. The minimum atomic E-state index is -4.56. The molecule has 0 aromatic heterocycles. The summed E-state index contributed by atoms with van der Waals surface area (Å²) in [5.74, 6) is -0.160. The second-order valence-electron chi connectivity index (χ2n) is 18.2. The Morgan fingerprint density at radius 1 is 0.554 bits per heavy atom. The molecule has 0 fully saturated rings. The zero-order valence-corrected chi connectivity index (χ0v) is 39.0. The number of nitrogens with zero attached hydrogens (tertiary/aromatic N) is 1. The van der Waals surface area contributed by atoms with Crippen molar-refractivity contribution in [1.29, 1.82) is 0 Å². The quantitative estimate of drug-likeness (QED) is 0.0360. The minimum Gasteiger partial charge on any atom is -0.756 e. The maximum absolute atomic E-state index is 12.9. The monoisotopic (exact) mass is 817 g/mol. The molecule has 56 heavy (non-hydrogen) atoms. The number of quaternary nitrogens is 1. The standard InChI is InChI=1S/C47H97N2O6P/c1-6-8-10-12-14-16-18-20-22-23-24-25-27-28-30-32-34-36-38-40-46(50)45(44-55-56(52,53)54-43-42-49(3,4)5)48-47(51)41-39-37-35-33-31-29-26-21-19-17-15-13-11-9-7-2/h45-46,50H,6-44H2,1-5H3,(H-,48,51,52,53). The molecule has 3 unspecified atom stereocenters. The molecule has 0 saturated heterocycles. The van der Waals surface area contributed by atoms with Crippen LogP contribution in [0.25, 0.3) is 0 Å². The molecule has 0 aliphatic rings. The van der Waals surface area contributed by atoms with Crippen molar-refractivity contribution in [2.75, 3.05) is 40.9 Å². The number of aliphatic hydroxyl groups is 1. The highest BCUT2D eigenvalue weighted by molar-refractivity contribution is 7.45. The van der Waals surface area contributed by atoms with Gasteiger partial charge in [-0.2, -0.15) is 0 Å². The summed E-state index contributed by atoms with van der Waals surface area (Å²) in [6.07, 6.45) is 43.9. The molecule has 1 amide bonds. The van der Waals surface area contributed by atoms with E-state index in [-0.39, 0.29) is 19.1 Å². The summed E-state index contributed by atoms with van der Waals surface area (Å²) in [7, 11) is 1.32. The fourth-order valence-electron chi connectivity index (χ4n) is 7.45. The smallest absolute Gasteiger partial charge is 0.268 e. The van der Waals surface area contributed by atoms with Crippen molar-refractivity contribution in [3.8, 4) is 0 Å². The van der Waals surface area contributed by atoms with E-state index in [0.29, 0.717) is 23.9 Å². The summed E-state index contributed by atoms with van der Waals surface area (Å²) in [5, 5.41) is 14.0. The molecule has 0 spiro atoms. The van der Waals surface area contributed by atoms with E-state index in [4.69, 9.17) is 9.05 Å². The number of unbranched alkanes of at least 4 members (excludes halogenated alkanes) is 32. The fraction of sp³-hybridized carbons (Fsp3) is 0.979. The lowest BCUT2D eigenvalue weighted by molar-refractivity contribution is -0.870. The summed E-state index contributed by atoms with van der Waals surface area (Å²) >= 11 is 0. The Morgan fingerprint density at radius 3 is 1.21 bits per heavy atom. The van der Waals surface area contributed by atoms with Crippen molar-refractivity contribution in [2.45, 2.75) is 257 Å². The maximum atomic E-state index is 12.9. The van der Waals surface area contributed by atoms with E-state index in [9.17, 15) is 19.4 Å². The van der Waals surface area contributed by atoms with Crippen LogP contribution in [0.3, 0.4) is 0 Å². The van der Waals surface area contributed by atoms with Crippen LogP contribution in [0.15, 0.2) is 0 Å². The summed E-state index contributed by atoms with van der Waals surface area (Å²) in [6.45, 7) is 4.75. The van der Waals surface area contributed by atoms with Gasteiger partial charge in [0.05, 0.1) is 39.9 Å². The molecule has 2 N–H and O–H groups in total. The van der Waals surface area contributed by atoms with Gasteiger partial charge in [-0.25, -0.2) is 0 Å². The Bertz CT molecular complexity index is 885. The summed E-state index contributed by atoms with van der Waals surface area (Å²) in [5.41, 5.74) is 0. The molecule has 0 rings (SSSR count). The molecule has 0 aromatic rings. The number of rotatable bonds is 45. The van der Waals surface area contributed by atoms with E-state index in [1.807, 2.05) is 21.1 Å². The van der Waals surface area contributed by atoms with Gasteiger partial charge in [0.2, 0.25) is 5.91 Å². The SMILES string of the molecule is CCCCCCCCCCCCCCCCCCCCCC(O)C(COP(=O)([O-])OCC[N+](C)(C)C)NC(=O)CCCCCCCCCCCCCCCCC. The molecule has 0 aliphatic carbocycles. The number of nitrogens with one attached hydrogen (secondary N) is 1. The number of phosphoric ester groups is 1. The Labute approximate surface area is 349 Å². The van der Waals surface area contributed by atoms with Crippen LogP contribution in [0.5, 0.6) is 0 Å². The van der Waals surface area contributed by atoms with Crippen molar-refractivity contribution in [1.82, 2.24) is 5.32 Å². The number of hydrogen-bond donors (Lipinski definition) is 2. The Kier molecular flexibility index (Phi) is 39.6. The molecule has 0 aromatic carbocycles. The lowest BCUT2D eigenvalue weighted by Crippen LogP contribution is -2.46. The highest BCUT2D eigenvalue weighted by atomic mass is 31.2. The van der Waals surface area contributed by atoms with Crippen LogP contribution >= 0.6 is 7.82 Å². The van der Waals surface area contributed by atoms with Gasteiger partial charge in [0.1, 0.15) is 13.2 Å². The lowest BCUT2D eigenvalue weighted by Gasteiger charge is -2.30. The van der Waals surface area contributed by atoms with Gasteiger partial charge in [0.15, 0.2) is 0 Å². The molecule has 9 heteroatoms. The highest BCUT2D eigenvalue weighted by Gasteiger charge is 2.24. The Hall–Kier alpha value is -0.500. The van der Waals surface area contributed by atoms with Gasteiger partial charge < -0.3 is 28.8 Å². The molecule has 336 valence electrons.